The van der Waals surface area contributed by atoms with Gasteiger partial charge in [-0.15, -0.1) is 0 Å². The van der Waals surface area contributed by atoms with Gasteiger partial charge >= 0.3 is 0 Å². The lowest BCUT2D eigenvalue weighted by molar-refractivity contribution is -0.113. The number of allylic oxidation sites excluding steroid dienone is 2. The average Bonchev–Trinajstić information content (AvgIpc) is 2.03. The van der Waals surface area contributed by atoms with Crippen LogP contribution in [0.15, 0.2) is 21.5 Å². The summed E-state index contributed by atoms with van der Waals surface area (Å²) in [5.41, 5.74) is 1.40. The van der Waals surface area contributed by atoms with Crippen LogP contribution in [0.1, 0.15) is 41.0 Å². The first kappa shape index (κ1) is 12.0. The highest BCUT2D eigenvalue weighted by atomic mass is 16.1. The van der Waals surface area contributed by atoms with E-state index in [1.54, 1.807) is 0 Å². The van der Waals surface area contributed by atoms with Crippen molar-refractivity contribution in [2.45, 2.75) is 47.1 Å². The van der Waals surface area contributed by atoms with Crippen LogP contribution in [-0.4, -0.2) is 11.8 Å². The molecule has 0 rings (SSSR count). The normalized spacial score (nSPS) is 13.0. The first-order chi connectivity index (χ1) is 5.99. The van der Waals surface area contributed by atoms with Crippen molar-refractivity contribution in [2.24, 2.45) is 10.2 Å². The van der Waals surface area contributed by atoms with Crippen molar-refractivity contribution in [2.75, 3.05) is 0 Å². The van der Waals surface area contributed by atoms with Gasteiger partial charge in [-0.05, 0) is 32.8 Å². The molecule has 1 atom stereocenters. The van der Waals surface area contributed by atoms with Gasteiger partial charge in [0.1, 0.15) is 5.70 Å². The predicted molar refractivity (Wildman–Crippen MR) is 53.7 cm³/mol. The molecular weight excluding hydrogens is 164 g/mol. The number of hydrogen-bond donors (Lipinski definition) is 0. The molecule has 0 spiro atoms. The SMILES string of the molecule is CCC(C)/N=N\C(C(C)=O)=C(C)C. The number of azo groups is 1. The second-order valence-electron chi connectivity index (χ2n) is 3.38. The Bertz CT molecular complexity index is 237. The molecule has 0 aromatic heterocycles. The largest absolute Gasteiger partial charge is 0.293 e. The Kier molecular flexibility index (Phi) is 5.19. The van der Waals surface area contributed by atoms with E-state index in [9.17, 15) is 4.79 Å². The molecule has 1 unspecified atom stereocenters. The van der Waals surface area contributed by atoms with E-state index in [2.05, 4.69) is 10.2 Å². The van der Waals surface area contributed by atoms with Gasteiger partial charge in [0.05, 0.1) is 6.04 Å². The molecule has 74 valence electrons. The Hall–Kier alpha value is -0.990. The van der Waals surface area contributed by atoms with E-state index in [1.807, 2.05) is 27.7 Å². The van der Waals surface area contributed by atoms with Crippen LogP contribution in [0.4, 0.5) is 0 Å². The molecule has 3 heteroatoms. The summed E-state index contributed by atoms with van der Waals surface area (Å²) in [6.07, 6.45) is 0.942. The van der Waals surface area contributed by atoms with Crippen molar-refractivity contribution < 1.29 is 4.79 Å². The standard InChI is InChI=1S/C10H18N2O/c1-6-8(4)11-12-10(7(2)3)9(5)13/h8H,6H2,1-5H3/b12-11-. The monoisotopic (exact) mass is 182 g/mol. The summed E-state index contributed by atoms with van der Waals surface area (Å²) in [5, 5.41) is 7.98. The smallest absolute Gasteiger partial charge is 0.179 e. The van der Waals surface area contributed by atoms with Gasteiger partial charge in [-0.3, -0.25) is 4.79 Å². The van der Waals surface area contributed by atoms with Crippen LogP contribution in [0.25, 0.3) is 0 Å². The fourth-order valence-corrected chi connectivity index (χ4v) is 0.760. The number of nitrogens with zero attached hydrogens (tertiary/aromatic N) is 2. The summed E-state index contributed by atoms with van der Waals surface area (Å²) in [7, 11) is 0. The van der Waals surface area contributed by atoms with Gasteiger partial charge in [-0.1, -0.05) is 6.92 Å². The zero-order valence-electron chi connectivity index (χ0n) is 9.09. The van der Waals surface area contributed by atoms with Crippen molar-refractivity contribution in [1.29, 1.82) is 0 Å². The molecule has 0 aliphatic rings. The number of carbonyl (C=O) groups is 1. The Balaban J connectivity index is 4.56. The number of hydrogen-bond acceptors (Lipinski definition) is 3. The number of Topliss-reactive ketones (excluding diaryl/α,β-unsaturated/α-hetero) is 1. The van der Waals surface area contributed by atoms with Gasteiger partial charge in [-0.25, -0.2) is 0 Å². The third kappa shape index (κ3) is 4.55. The van der Waals surface area contributed by atoms with E-state index in [4.69, 9.17) is 0 Å². The average molecular weight is 182 g/mol. The maximum absolute atomic E-state index is 11.1. The molecule has 0 saturated heterocycles. The fourth-order valence-electron chi connectivity index (χ4n) is 0.760. The topological polar surface area (TPSA) is 41.8 Å². The third-order valence-electron chi connectivity index (χ3n) is 1.75. The highest BCUT2D eigenvalue weighted by molar-refractivity contribution is 5.93. The molecule has 0 fully saturated rings. The van der Waals surface area contributed by atoms with E-state index >= 15 is 0 Å². The minimum absolute atomic E-state index is 0.0212. The van der Waals surface area contributed by atoms with Crippen LogP contribution in [-0.2, 0) is 4.79 Å². The summed E-state index contributed by atoms with van der Waals surface area (Å²) in [6.45, 7) is 9.27. The van der Waals surface area contributed by atoms with Crippen LogP contribution in [0, 0.1) is 0 Å². The van der Waals surface area contributed by atoms with E-state index in [1.165, 1.54) is 6.92 Å². The zero-order chi connectivity index (χ0) is 10.4. The van der Waals surface area contributed by atoms with Crippen LogP contribution >= 0.6 is 0 Å². The van der Waals surface area contributed by atoms with Crippen molar-refractivity contribution in [3.05, 3.63) is 11.3 Å². The van der Waals surface area contributed by atoms with Crippen molar-refractivity contribution in [1.82, 2.24) is 0 Å². The molecule has 3 nitrogen and oxygen atoms in total. The molecule has 13 heavy (non-hydrogen) atoms. The summed E-state index contributed by atoms with van der Waals surface area (Å²) >= 11 is 0. The molecule has 0 saturated carbocycles. The summed E-state index contributed by atoms with van der Waals surface area (Å²) in [6, 6.07) is 0.189. The lowest BCUT2D eigenvalue weighted by Crippen LogP contribution is -1.98. The minimum Gasteiger partial charge on any atom is -0.293 e. The molecule has 0 bridgehead atoms. The quantitative estimate of drug-likeness (QED) is 0.486. The summed E-state index contributed by atoms with van der Waals surface area (Å²) < 4.78 is 0. The summed E-state index contributed by atoms with van der Waals surface area (Å²) in [4.78, 5) is 11.1. The molecule has 0 N–H and O–H groups in total. The van der Waals surface area contributed by atoms with Gasteiger partial charge in [0.15, 0.2) is 5.78 Å². The molecule has 0 aromatic carbocycles. The Labute approximate surface area is 79.9 Å². The van der Waals surface area contributed by atoms with Gasteiger partial charge in [0, 0.05) is 6.92 Å². The maximum Gasteiger partial charge on any atom is 0.179 e. The molecule has 0 radical (unpaired) electrons. The molecule has 0 aliphatic heterocycles. The highest BCUT2D eigenvalue weighted by Gasteiger charge is 2.04. The van der Waals surface area contributed by atoms with Crippen LogP contribution in [0.3, 0.4) is 0 Å². The first-order valence-electron chi connectivity index (χ1n) is 4.58. The van der Waals surface area contributed by atoms with Crippen LogP contribution in [0.5, 0.6) is 0 Å². The lowest BCUT2D eigenvalue weighted by Gasteiger charge is -2.01. The molecular formula is C10H18N2O. The van der Waals surface area contributed by atoms with Crippen molar-refractivity contribution in [3.63, 3.8) is 0 Å². The second kappa shape index (κ2) is 5.62. The van der Waals surface area contributed by atoms with Gasteiger partial charge in [-0.2, -0.15) is 10.2 Å². The van der Waals surface area contributed by atoms with E-state index in [-0.39, 0.29) is 11.8 Å². The summed E-state index contributed by atoms with van der Waals surface area (Å²) in [5.74, 6) is -0.0212. The van der Waals surface area contributed by atoms with Crippen LogP contribution < -0.4 is 0 Å². The number of ketones is 1. The fraction of sp³-hybridized carbons (Fsp3) is 0.700. The Morgan fingerprint density at radius 1 is 1.31 bits per heavy atom. The van der Waals surface area contributed by atoms with Crippen LogP contribution in [0.2, 0.25) is 0 Å². The van der Waals surface area contributed by atoms with Crippen molar-refractivity contribution >= 4 is 5.78 Å². The zero-order valence-corrected chi connectivity index (χ0v) is 9.09. The Morgan fingerprint density at radius 2 is 1.85 bits per heavy atom. The van der Waals surface area contributed by atoms with E-state index < -0.39 is 0 Å². The second-order valence-corrected chi connectivity index (χ2v) is 3.38. The highest BCUT2D eigenvalue weighted by Crippen LogP contribution is 2.08. The number of carbonyl (C=O) groups excluding carboxylic acids is 1. The minimum atomic E-state index is -0.0212. The van der Waals surface area contributed by atoms with E-state index in [0.29, 0.717) is 5.70 Å². The maximum atomic E-state index is 11.1. The molecule has 0 aromatic rings. The number of rotatable bonds is 4. The van der Waals surface area contributed by atoms with Crippen molar-refractivity contribution in [3.8, 4) is 0 Å². The van der Waals surface area contributed by atoms with Gasteiger partial charge < -0.3 is 0 Å². The molecule has 0 amide bonds. The lowest BCUT2D eigenvalue weighted by atomic mass is 10.2. The molecule has 0 aliphatic carbocycles. The molecule has 0 heterocycles. The van der Waals surface area contributed by atoms with Gasteiger partial charge in [0.25, 0.3) is 0 Å². The van der Waals surface area contributed by atoms with Gasteiger partial charge in [0.2, 0.25) is 0 Å². The predicted octanol–water partition coefficient (Wildman–Crippen LogP) is 3.12. The third-order valence-corrected chi connectivity index (χ3v) is 1.75. The Morgan fingerprint density at radius 3 is 2.15 bits per heavy atom. The van der Waals surface area contributed by atoms with E-state index in [0.717, 1.165) is 12.0 Å². The first-order valence-corrected chi connectivity index (χ1v) is 4.58.